The zero-order chi connectivity index (χ0) is 15.1. The van der Waals surface area contributed by atoms with E-state index in [0.29, 0.717) is 12.0 Å². The molecule has 0 aliphatic rings. The van der Waals surface area contributed by atoms with Crippen LogP contribution in [0.25, 0.3) is 0 Å². The van der Waals surface area contributed by atoms with Crippen LogP contribution in [-0.4, -0.2) is 38.3 Å². The second-order valence-corrected chi connectivity index (χ2v) is 6.30. The van der Waals surface area contributed by atoms with E-state index in [-0.39, 0.29) is 0 Å². The van der Waals surface area contributed by atoms with E-state index >= 15 is 0 Å². The maximum Gasteiger partial charge on any atom is 0.186 e. The van der Waals surface area contributed by atoms with Gasteiger partial charge in [-0.15, -0.1) is 11.3 Å². The number of nitrogens with zero attached hydrogens (tertiary/aromatic N) is 2. The van der Waals surface area contributed by atoms with Crippen LogP contribution < -0.4 is 10.2 Å². The fourth-order valence-electron chi connectivity index (χ4n) is 2.31. The Morgan fingerprint density at radius 2 is 2.05 bits per heavy atom. The number of aromatic nitrogens is 1. The lowest BCUT2D eigenvalue weighted by Gasteiger charge is -2.26. The molecule has 4 nitrogen and oxygen atoms in total. The summed E-state index contributed by atoms with van der Waals surface area (Å²) in [7, 11) is 3.74. The Bertz CT molecular complexity index is 394. The van der Waals surface area contributed by atoms with Crippen molar-refractivity contribution in [1.29, 1.82) is 0 Å². The lowest BCUT2D eigenvalue weighted by atomic mass is 10.0. The molecule has 1 aromatic heterocycles. The van der Waals surface area contributed by atoms with Crippen molar-refractivity contribution in [1.82, 2.24) is 10.3 Å². The average Bonchev–Trinajstić information content (AvgIpc) is 2.83. The average molecular weight is 299 g/mol. The summed E-state index contributed by atoms with van der Waals surface area (Å²) in [6, 6.07) is 0.350. The predicted octanol–water partition coefficient (Wildman–Crippen LogP) is 3.24. The van der Waals surface area contributed by atoms with E-state index in [1.807, 2.05) is 18.4 Å². The number of hydrogen-bond donors (Lipinski definition) is 1. The molecule has 2 unspecified atom stereocenters. The van der Waals surface area contributed by atoms with E-state index in [0.717, 1.165) is 31.2 Å². The molecule has 0 saturated carbocycles. The molecule has 0 bridgehead atoms. The number of thiazole rings is 1. The van der Waals surface area contributed by atoms with E-state index in [1.54, 1.807) is 7.11 Å². The molecule has 0 radical (unpaired) electrons. The molecule has 0 aliphatic heterocycles. The molecular formula is C15H29N3OS. The zero-order valence-corrected chi connectivity index (χ0v) is 14.5. The quantitative estimate of drug-likeness (QED) is 0.759. The second kappa shape index (κ2) is 8.60. The van der Waals surface area contributed by atoms with Gasteiger partial charge in [0.25, 0.3) is 0 Å². The molecule has 0 saturated heterocycles. The molecule has 20 heavy (non-hydrogen) atoms. The van der Waals surface area contributed by atoms with E-state index in [2.05, 4.69) is 37.9 Å². The Morgan fingerprint density at radius 1 is 1.35 bits per heavy atom. The van der Waals surface area contributed by atoms with Gasteiger partial charge in [0, 0.05) is 25.1 Å². The Morgan fingerprint density at radius 3 is 2.55 bits per heavy atom. The molecule has 2 atom stereocenters. The molecular weight excluding hydrogens is 270 g/mol. The summed E-state index contributed by atoms with van der Waals surface area (Å²) in [5.74, 6) is 0.514. The Labute approximate surface area is 127 Å². The molecule has 0 amide bonds. The Kier molecular flexibility index (Phi) is 7.48. The van der Waals surface area contributed by atoms with Crippen LogP contribution in [0.15, 0.2) is 0 Å². The lowest BCUT2D eigenvalue weighted by molar-refractivity contribution is 0.182. The maximum atomic E-state index is 5.28. The van der Waals surface area contributed by atoms with Gasteiger partial charge in [0.15, 0.2) is 5.13 Å². The van der Waals surface area contributed by atoms with Crippen LogP contribution >= 0.6 is 11.3 Å². The molecule has 1 rings (SSSR count). The monoisotopic (exact) mass is 299 g/mol. The smallest absolute Gasteiger partial charge is 0.186 e. The first-order chi connectivity index (χ1) is 9.58. The van der Waals surface area contributed by atoms with Gasteiger partial charge in [-0.3, -0.25) is 0 Å². The van der Waals surface area contributed by atoms with Crippen LogP contribution in [0.2, 0.25) is 0 Å². The third kappa shape index (κ3) is 4.17. The summed E-state index contributed by atoms with van der Waals surface area (Å²) >= 11 is 1.81. The number of nitrogens with one attached hydrogen (secondary N) is 1. The first-order valence-corrected chi connectivity index (χ1v) is 8.30. The minimum Gasteiger partial charge on any atom is -0.383 e. The van der Waals surface area contributed by atoms with Gasteiger partial charge < -0.3 is 15.0 Å². The zero-order valence-electron chi connectivity index (χ0n) is 13.7. The summed E-state index contributed by atoms with van der Waals surface area (Å²) in [6.07, 6.45) is 1.12. The standard InChI is InChI=1S/C15H29N3OS/c1-7-11(3)14-13(9-16-5)20-15(17-14)18(8-2)12(4)10-19-6/h11-12,16H,7-10H2,1-6H3. The third-order valence-corrected chi connectivity index (χ3v) is 4.77. The summed E-state index contributed by atoms with van der Waals surface area (Å²) in [5.41, 5.74) is 1.25. The molecule has 1 heterocycles. The van der Waals surface area contributed by atoms with E-state index in [4.69, 9.17) is 9.72 Å². The van der Waals surface area contributed by atoms with Gasteiger partial charge >= 0.3 is 0 Å². The summed E-state index contributed by atoms with van der Waals surface area (Å²) < 4.78 is 5.28. The van der Waals surface area contributed by atoms with Crippen LogP contribution in [0.3, 0.4) is 0 Å². The van der Waals surface area contributed by atoms with Crippen molar-refractivity contribution >= 4 is 16.5 Å². The van der Waals surface area contributed by atoms with Gasteiger partial charge in [-0.1, -0.05) is 13.8 Å². The Balaban J connectivity index is 3.04. The molecule has 0 aliphatic carbocycles. The fourth-order valence-corrected chi connectivity index (χ4v) is 3.66. The minimum absolute atomic E-state index is 0.350. The molecule has 5 heteroatoms. The first kappa shape index (κ1) is 17.4. The van der Waals surface area contributed by atoms with Crippen molar-refractivity contribution in [2.45, 2.75) is 52.6 Å². The Hall–Kier alpha value is -0.650. The van der Waals surface area contributed by atoms with Crippen molar-refractivity contribution in [3.8, 4) is 0 Å². The van der Waals surface area contributed by atoms with Crippen molar-refractivity contribution in [3.05, 3.63) is 10.6 Å². The maximum absolute atomic E-state index is 5.28. The van der Waals surface area contributed by atoms with Crippen LogP contribution in [0.5, 0.6) is 0 Å². The highest BCUT2D eigenvalue weighted by Gasteiger charge is 2.21. The largest absolute Gasteiger partial charge is 0.383 e. The highest BCUT2D eigenvalue weighted by atomic mass is 32.1. The highest BCUT2D eigenvalue weighted by Crippen LogP contribution is 2.32. The van der Waals surface area contributed by atoms with E-state index in [1.165, 1.54) is 10.6 Å². The minimum atomic E-state index is 0.350. The van der Waals surface area contributed by atoms with Gasteiger partial charge in [0.1, 0.15) is 0 Å². The number of methoxy groups -OCH3 is 1. The van der Waals surface area contributed by atoms with E-state index in [9.17, 15) is 0 Å². The molecule has 1 aromatic rings. The van der Waals surface area contributed by atoms with Crippen molar-refractivity contribution in [2.75, 3.05) is 32.2 Å². The molecule has 116 valence electrons. The molecule has 0 fully saturated rings. The van der Waals surface area contributed by atoms with Gasteiger partial charge in [-0.05, 0) is 33.2 Å². The van der Waals surface area contributed by atoms with Crippen LogP contribution in [-0.2, 0) is 11.3 Å². The lowest BCUT2D eigenvalue weighted by Crippen LogP contribution is -2.36. The summed E-state index contributed by atoms with van der Waals surface area (Å²) in [6.45, 7) is 11.4. The third-order valence-electron chi connectivity index (χ3n) is 3.66. The van der Waals surface area contributed by atoms with Gasteiger partial charge in [0.05, 0.1) is 18.3 Å². The molecule has 1 N–H and O–H groups in total. The fraction of sp³-hybridized carbons (Fsp3) is 0.800. The number of rotatable bonds is 9. The second-order valence-electron chi connectivity index (χ2n) is 5.23. The molecule has 0 aromatic carbocycles. The predicted molar refractivity (Wildman–Crippen MR) is 87.9 cm³/mol. The SMILES string of the molecule is CCC(C)c1nc(N(CC)C(C)COC)sc1CNC. The van der Waals surface area contributed by atoms with Crippen molar-refractivity contribution < 1.29 is 4.74 Å². The number of hydrogen-bond acceptors (Lipinski definition) is 5. The topological polar surface area (TPSA) is 37.4 Å². The van der Waals surface area contributed by atoms with Crippen LogP contribution in [0.1, 0.15) is 50.6 Å². The molecule has 0 spiro atoms. The van der Waals surface area contributed by atoms with Crippen molar-refractivity contribution in [2.24, 2.45) is 0 Å². The number of anilines is 1. The highest BCUT2D eigenvalue weighted by molar-refractivity contribution is 7.15. The normalized spacial score (nSPS) is 14.3. The number of likely N-dealkylation sites (N-methyl/N-ethyl adjacent to an activating group) is 1. The number of ether oxygens (including phenoxy) is 1. The van der Waals surface area contributed by atoms with Crippen LogP contribution in [0.4, 0.5) is 5.13 Å². The van der Waals surface area contributed by atoms with Crippen LogP contribution in [0, 0.1) is 0 Å². The van der Waals surface area contributed by atoms with Gasteiger partial charge in [0.2, 0.25) is 0 Å². The first-order valence-electron chi connectivity index (χ1n) is 7.48. The van der Waals surface area contributed by atoms with Crippen molar-refractivity contribution in [3.63, 3.8) is 0 Å². The van der Waals surface area contributed by atoms with Gasteiger partial charge in [-0.25, -0.2) is 4.98 Å². The summed E-state index contributed by atoms with van der Waals surface area (Å²) in [5, 5.41) is 4.38. The summed E-state index contributed by atoms with van der Waals surface area (Å²) in [4.78, 5) is 8.62. The van der Waals surface area contributed by atoms with E-state index < -0.39 is 0 Å². The van der Waals surface area contributed by atoms with Gasteiger partial charge in [-0.2, -0.15) is 0 Å².